The van der Waals surface area contributed by atoms with Crippen LogP contribution in [0.1, 0.15) is 17.4 Å². The lowest BCUT2D eigenvalue weighted by atomic mass is 10.1. The van der Waals surface area contributed by atoms with Crippen LogP contribution in [0.5, 0.6) is 0 Å². The minimum absolute atomic E-state index is 0.0741. The van der Waals surface area contributed by atoms with E-state index in [9.17, 15) is 14.7 Å². The zero-order chi connectivity index (χ0) is 18.7. The molecular weight excluding hydrogens is 358 g/mol. The molecule has 8 heteroatoms. The van der Waals surface area contributed by atoms with Gasteiger partial charge in [0.15, 0.2) is 0 Å². The van der Waals surface area contributed by atoms with Crippen molar-refractivity contribution in [2.24, 2.45) is 0 Å². The van der Waals surface area contributed by atoms with E-state index in [2.05, 4.69) is 10.4 Å². The molecule has 0 aliphatic carbocycles. The molecule has 0 radical (unpaired) electrons. The van der Waals surface area contributed by atoms with E-state index < -0.39 is 17.6 Å². The van der Waals surface area contributed by atoms with Gasteiger partial charge < -0.3 is 10.2 Å². The molecule has 3 rings (SSSR count). The number of anilines is 1. The fraction of sp³-hybridized carbons (Fsp3) is 0.0556. The Balaban J connectivity index is 1.98. The van der Waals surface area contributed by atoms with Gasteiger partial charge in [0.2, 0.25) is 5.43 Å². The van der Waals surface area contributed by atoms with Crippen LogP contribution in [-0.2, 0) is 0 Å². The maximum atomic E-state index is 12.2. The minimum atomic E-state index is -1.31. The zero-order valence-corrected chi connectivity index (χ0v) is 14.1. The molecule has 0 fully saturated rings. The number of nitrogens with one attached hydrogen (secondary N) is 1. The maximum absolute atomic E-state index is 12.2. The number of carbonyl (C=O) groups is 1. The topological polar surface area (TPSA) is 104 Å². The first kappa shape index (κ1) is 17.7. The monoisotopic (exact) mass is 371 g/mol. The summed E-state index contributed by atoms with van der Waals surface area (Å²) in [6.45, 7) is 0. The molecule has 0 aliphatic heterocycles. The summed E-state index contributed by atoms with van der Waals surface area (Å²) in [5.41, 5.74) is 0.788. The molecule has 1 atom stereocenters. The second kappa shape index (κ2) is 7.38. The molecule has 1 amide bonds. The number of aliphatic hydroxyl groups is 1. The van der Waals surface area contributed by atoms with Crippen LogP contribution in [-0.4, -0.2) is 26.1 Å². The van der Waals surface area contributed by atoms with Gasteiger partial charge in [0, 0.05) is 23.0 Å². The van der Waals surface area contributed by atoms with E-state index >= 15 is 0 Å². The van der Waals surface area contributed by atoms with Crippen molar-refractivity contribution in [2.75, 3.05) is 5.32 Å². The number of amides is 1. The van der Waals surface area contributed by atoms with Crippen LogP contribution in [0.3, 0.4) is 0 Å². The number of halogens is 1. The fourth-order valence-electron chi connectivity index (χ4n) is 2.42. The number of benzene rings is 2. The maximum Gasteiger partial charge on any atom is 0.409 e. The highest BCUT2D eigenvalue weighted by molar-refractivity contribution is 6.30. The van der Waals surface area contributed by atoms with E-state index in [0.29, 0.717) is 16.3 Å². The highest BCUT2D eigenvalue weighted by Crippen LogP contribution is 2.21. The number of carboxylic acid groups (broad SMARTS) is 1. The first-order valence-corrected chi connectivity index (χ1v) is 7.95. The van der Waals surface area contributed by atoms with Crippen LogP contribution < -0.4 is 10.7 Å². The molecule has 132 valence electrons. The third-order valence-corrected chi connectivity index (χ3v) is 3.89. The number of nitrogens with zero attached hydrogens (tertiary/aromatic N) is 2. The van der Waals surface area contributed by atoms with Gasteiger partial charge in [-0.05, 0) is 42.0 Å². The molecule has 1 unspecified atom stereocenters. The minimum Gasteiger partial charge on any atom is -0.465 e. The summed E-state index contributed by atoms with van der Waals surface area (Å²) in [5, 5.41) is 26.3. The molecule has 2 aromatic carbocycles. The molecule has 0 bridgehead atoms. The molecule has 0 saturated carbocycles. The molecule has 0 aliphatic rings. The van der Waals surface area contributed by atoms with E-state index in [1.54, 1.807) is 36.4 Å². The van der Waals surface area contributed by atoms with Gasteiger partial charge in [-0.25, -0.2) is 9.48 Å². The van der Waals surface area contributed by atoms with Crippen LogP contribution in [0, 0.1) is 0 Å². The molecule has 26 heavy (non-hydrogen) atoms. The number of aromatic nitrogens is 2. The van der Waals surface area contributed by atoms with Gasteiger partial charge in [-0.15, -0.1) is 0 Å². The molecule has 1 heterocycles. The van der Waals surface area contributed by atoms with E-state index in [4.69, 9.17) is 16.7 Å². The predicted molar refractivity (Wildman–Crippen MR) is 97.0 cm³/mol. The summed E-state index contributed by atoms with van der Waals surface area (Å²) in [4.78, 5) is 22.9. The average molecular weight is 372 g/mol. The first-order chi connectivity index (χ1) is 12.4. The Hall–Kier alpha value is -3.16. The summed E-state index contributed by atoms with van der Waals surface area (Å²) in [5.74, 6) is 0. The Morgan fingerprint density at radius 1 is 1.15 bits per heavy atom. The molecule has 0 saturated heterocycles. The quantitative estimate of drug-likeness (QED) is 0.653. The van der Waals surface area contributed by atoms with Crippen molar-refractivity contribution >= 4 is 23.4 Å². The van der Waals surface area contributed by atoms with E-state index in [1.807, 2.05) is 0 Å². The summed E-state index contributed by atoms with van der Waals surface area (Å²) < 4.78 is 1.45. The van der Waals surface area contributed by atoms with Crippen LogP contribution >= 0.6 is 11.6 Å². The number of hydrogen-bond acceptors (Lipinski definition) is 4. The van der Waals surface area contributed by atoms with Crippen molar-refractivity contribution in [2.45, 2.75) is 6.10 Å². The highest BCUT2D eigenvalue weighted by atomic mass is 35.5. The molecule has 3 aromatic rings. The van der Waals surface area contributed by atoms with Gasteiger partial charge in [-0.1, -0.05) is 23.7 Å². The Kier molecular flexibility index (Phi) is 5.01. The zero-order valence-electron chi connectivity index (χ0n) is 13.3. The fourth-order valence-corrected chi connectivity index (χ4v) is 2.54. The molecule has 0 spiro atoms. The van der Waals surface area contributed by atoms with E-state index in [-0.39, 0.29) is 11.4 Å². The van der Waals surface area contributed by atoms with Crippen molar-refractivity contribution in [3.63, 3.8) is 0 Å². The molecule has 1 aromatic heterocycles. The second-order valence-corrected chi connectivity index (χ2v) is 5.88. The van der Waals surface area contributed by atoms with Gasteiger partial charge in [-0.2, -0.15) is 5.10 Å². The third kappa shape index (κ3) is 3.90. The largest absolute Gasteiger partial charge is 0.465 e. The number of aliphatic hydroxyl groups excluding tert-OH is 1. The average Bonchev–Trinajstić information content (AvgIpc) is 2.62. The molecule has 7 nitrogen and oxygen atoms in total. The lowest BCUT2D eigenvalue weighted by molar-refractivity contribution is 0.209. The third-order valence-electron chi connectivity index (χ3n) is 3.64. The Bertz CT molecular complexity index is 1000. The first-order valence-electron chi connectivity index (χ1n) is 7.58. The molecular formula is C18H14ClN3O4. The summed E-state index contributed by atoms with van der Waals surface area (Å²) in [6, 6.07) is 14.3. The van der Waals surface area contributed by atoms with E-state index in [1.165, 1.54) is 29.1 Å². The summed E-state index contributed by atoms with van der Waals surface area (Å²) in [7, 11) is 0. The van der Waals surface area contributed by atoms with Gasteiger partial charge in [0.1, 0.15) is 11.8 Å². The van der Waals surface area contributed by atoms with Crippen molar-refractivity contribution in [1.29, 1.82) is 0 Å². The predicted octanol–water partition coefficient (Wildman–Crippen LogP) is 3.06. The SMILES string of the molecule is O=C(O)Nc1cccc(C(O)c2nn(-c3ccc(Cl)cc3)ccc2=O)c1. The highest BCUT2D eigenvalue weighted by Gasteiger charge is 2.17. The number of rotatable bonds is 4. The normalized spacial score (nSPS) is 11.8. The lowest BCUT2D eigenvalue weighted by Gasteiger charge is -2.13. The van der Waals surface area contributed by atoms with Crippen LogP contribution in [0.4, 0.5) is 10.5 Å². The van der Waals surface area contributed by atoms with Gasteiger partial charge in [0.05, 0.1) is 5.69 Å². The Labute approximate surface area is 153 Å². The number of hydrogen-bond donors (Lipinski definition) is 3. The van der Waals surface area contributed by atoms with Crippen LogP contribution in [0.25, 0.3) is 5.69 Å². The smallest absolute Gasteiger partial charge is 0.409 e. The van der Waals surface area contributed by atoms with Gasteiger partial charge >= 0.3 is 6.09 Å². The van der Waals surface area contributed by atoms with Gasteiger partial charge in [-0.3, -0.25) is 10.1 Å². The molecule has 3 N–H and O–H groups in total. The van der Waals surface area contributed by atoms with Crippen molar-refractivity contribution in [3.05, 3.63) is 87.3 Å². The van der Waals surface area contributed by atoms with E-state index in [0.717, 1.165) is 0 Å². The standard InChI is InChI=1S/C18H14ClN3O4/c19-12-4-6-14(7-5-12)22-9-8-15(23)16(21-22)17(24)11-2-1-3-13(10-11)20-18(25)26/h1-10,17,20,24H,(H,25,26). The lowest BCUT2D eigenvalue weighted by Crippen LogP contribution is -2.20. The Morgan fingerprint density at radius 2 is 1.88 bits per heavy atom. The van der Waals surface area contributed by atoms with Crippen molar-refractivity contribution < 1.29 is 15.0 Å². The van der Waals surface area contributed by atoms with Crippen LogP contribution in [0.15, 0.2) is 65.6 Å². The van der Waals surface area contributed by atoms with Crippen molar-refractivity contribution in [1.82, 2.24) is 9.78 Å². The second-order valence-electron chi connectivity index (χ2n) is 5.44. The summed E-state index contributed by atoms with van der Waals surface area (Å²) in [6.07, 6.45) is -1.04. The Morgan fingerprint density at radius 3 is 2.58 bits per heavy atom. The van der Waals surface area contributed by atoms with Crippen LogP contribution in [0.2, 0.25) is 5.02 Å². The summed E-state index contributed by atoms with van der Waals surface area (Å²) >= 11 is 5.87. The van der Waals surface area contributed by atoms with Crippen molar-refractivity contribution in [3.8, 4) is 5.69 Å². The van der Waals surface area contributed by atoms with Gasteiger partial charge in [0.25, 0.3) is 0 Å².